The van der Waals surface area contributed by atoms with E-state index in [0.717, 1.165) is 6.07 Å². The lowest BCUT2D eigenvalue weighted by molar-refractivity contribution is -0.347. The molecule has 1 aliphatic carbocycles. The van der Waals surface area contributed by atoms with E-state index in [0.29, 0.717) is 30.3 Å². The topological polar surface area (TPSA) is 80.8 Å². The summed E-state index contributed by atoms with van der Waals surface area (Å²) in [6.07, 6.45) is -1.66. The summed E-state index contributed by atoms with van der Waals surface area (Å²) in [4.78, 5) is 2.92. The number of nitrogens with zero attached hydrogens (tertiary/aromatic N) is 1. The summed E-state index contributed by atoms with van der Waals surface area (Å²) in [5.41, 5.74) is -1.97. The number of hydrogen-bond acceptors (Lipinski definition) is 4. The monoisotopic (exact) mass is 543 g/mol. The Morgan fingerprint density at radius 1 is 1.11 bits per heavy atom. The van der Waals surface area contributed by atoms with Crippen molar-refractivity contribution in [2.45, 2.75) is 75.0 Å². The molecule has 11 heteroatoms. The van der Waals surface area contributed by atoms with Crippen molar-refractivity contribution < 1.29 is 49.9 Å². The Labute approximate surface area is 218 Å². The van der Waals surface area contributed by atoms with E-state index in [2.05, 4.69) is 10.3 Å². The first-order valence-electron chi connectivity index (χ1n) is 12.1. The predicted molar refractivity (Wildman–Crippen MR) is 124 cm³/mol. The second-order valence-electron chi connectivity index (χ2n) is 10.6. The summed E-state index contributed by atoms with van der Waals surface area (Å²) in [6, 6.07) is 7.60. The number of benzene rings is 2. The van der Waals surface area contributed by atoms with Crippen molar-refractivity contribution in [2.75, 3.05) is 6.61 Å². The Kier molecular flexibility index (Phi) is 7.26. The Hall–Kier alpha value is -2.40. The number of piperidine rings is 1. The normalized spacial score (nSPS) is 30.0. The second kappa shape index (κ2) is 9.72. The van der Waals surface area contributed by atoms with E-state index in [1.165, 1.54) is 24.5 Å². The largest absolute Gasteiger partial charge is 1.00 e. The number of aromatic amines is 1. The number of aliphatic hydroxyl groups is 2. The summed E-state index contributed by atoms with van der Waals surface area (Å²) in [7, 11) is 0. The molecule has 5 rings (SSSR count). The van der Waals surface area contributed by atoms with Crippen molar-refractivity contribution in [1.29, 1.82) is 0 Å². The molecular formula is C26H30ClF4N3O3. The molecule has 2 aliphatic rings. The molecule has 1 aromatic heterocycles. The van der Waals surface area contributed by atoms with Crippen LogP contribution >= 0.6 is 0 Å². The van der Waals surface area contributed by atoms with E-state index in [1.54, 1.807) is 23.6 Å². The van der Waals surface area contributed by atoms with E-state index >= 15 is 0 Å². The molecule has 6 nitrogen and oxygen atoms in total. The first kappa shape index (κ1) is 27.6. The van der Waals surface area contributed by atoms with Gasteiger partial charge in [0.2, 0.25) is 6.33 Å². The van der Waals surface area contributed by atoms with Crippen LogP contribution in [-0.4, -0.2) is 39.1 Å². The Bertz CT molecular complexity index is 1260. The number of hydrogen-bond donors (Lipinski definition) is 3. The molecule has 2 fully saturated rings. The highest BCUT2D eigenvalue weighted by Crippen LogP contribution is 2.44. The van der Waals surface area contributed by atoms with Crippen molar-refractivity contribution in [3.63, 3.8) is 0 Å². The van der Waals surface area contributed by atoms with Crippen molar-refractivity contribution in [1.82, 2.24) is 9.88 Å². The van der Waals surface area contributed by atoms with Gasteiger partial charge in [0.25, 0.3) is 0 Å². The molecule has 1 saturated carbocycles. The number of ether oxygens (including phenoxy) is 1. The molecule has 202 valence electrons. The first-order chi connectivity index (χ1) is 16.8. The zero-order chi connectivity index (χ0) is 25.9. The maximum atomic E-state index is 14.1. The van der Waals surface area contributed by atoms with Crippen molar-refractivity contribution >= 4 is 11.0 Å². The van der Waals surface area contributed by atoms with Gasteiger partial charge in [0.1, 0.15) is 29.8 Å². The van der Waals surface area contributed by atoms with Gasteiger partial charge in [0.05, 0.1) is 11.2 Å². The lowest BCUT2D eigenvalue weighted by Crippen LogP contribution is -3.00. The Morgan fingerprint density at radius 2 is 1.78 bits per heavy atom. The quantitative estimate of drug-likeness (QED) is 0.421. The first-order valence-corrected chi connectivity index (χ1v) is 12.1. The van der Waals surface area contributed by atoms with Crippen LogP contribution < -0.4 is 27.4 Å². The summed E-state index contributed by atoms with van der Waals surface area (Å²) >= 11 is 0. The fraction of sp³-hybridized carbons (Fsp3) is 0.500. The maximum Gasteiger partial charge on any atom is 0.420 e. The van der Waals surface area contributed by atoms with E-state index in [1.807, 2.05) is 6.92 Å². The summed E-state index contributed by atoms with van der Waals surface area (Å²) in [5, 5.41) is 24.7. The van der Waals surface area contributed by atoms with Gasteiger partial charge in [-0.25, -0.2) is 13.9 Å². The average Bonchev–Trinajstić information content (AvgIpc) is 3.18. The zero-order valence-corrected chi connectivity index (χ0v) is 21.2. The van der Waals surface area contributed by atoms with Gasteiger partial charge < -0.3 is 32.7 Å². The third kappa shape index (κ3) is 5.57. The summed E-state index contributed by atoms with van der Waals surface area (Å²) in [5.74, 6) is -0.330. The molecule has 1 saturated heterocycles. The number of imidazole rings is 1. The van der Waals surface area contributed by atoms with Gasteiger partial charge >= 0.3 is 6.18 Å². The van der Waals surface area contributed by atoms with Crippen LogP contribution in [0.4, 0.5) is 17.6 Å². The number of aromatic nitrogens is 2. The van der Waals surface area contributed by atoms with E-state index in [-0.39, 0.29) is 54.8 Å². The minimum absolute atomic E-state index is 0. The van der Waals surface area contributed by atoms with Gasteiger partial charge in [0.15, 0.2) is 11.0 Å². The summed E-state index contributed by atoms with van der Waals surface area (Å²) < 4.78 is 62.9. The van der Waals surface area contributed by atoms with Gasteiger partial charge in [-0.1, -0.05) is 12.1 Å². The SMILES string of the molecule is C[C@H]1C[C@@](O)(c2ccc(F)cc2)C[C@@H](COc2cc(C(F)(F)F)c3c(c2)[nH+]cn3C2CC(C)(O)C2)N1.[Cl-]. The zero-order valence-electron chi connectivity index (χ0n) is 20.4. The highest BCUT2D eigenvalue weighted by molar-refractivity contribution is 5.79. The molecule has 0 unspecified atom stereocenters. The van der Waals surface area contributed by atoms with Crippen LogP contribution in [0.2, 0.25) is 0 Å². The Morgan fingerprint density at radius 3 is 2.41 bits per heavy atom. The van der Waals surface area contributed by atoms with Crippen molar-refractivity contribution in [3.8, 4) is 5.75 Å². The fourth-order valence-electron chi connectivity index (χ4n) is 5.76. The predicted octanol–water partition coefficient (Wildman–Crippen LogP) is 1.11. The molecule has 4 N–H and O–H groups in total. The molecule has 1 aliphatic heterocycles. The van der Waals surface area contributed by atoms with Crippen LogP contribution in [0.1, 0.15) is 56.7 Å². The number of H-pyrrole nitrogens is 1. The molecule has 2 heterocycles. The number of halogens is 5. The molecule has 3 aromatic rings. The van der Waals surface area contributed by atoms with Crippen LogP contribution in [0.15, 0.2) is 42.7 Å². The maximum absolute atomic E-state index is 14.1. The number of nitrogens with one attached hydrogen (secondary N) is 2. The molecular weight excluding hydrogens is 514 g/mol. The smallest absolute Gasteiger partial charge is 0.420 e. The van der Waals surface area contributed by atoms with Gasteiger partial charge in [0, 0.05) is 31.0 Å². The number of alkyl halides is 3. The minimum atomic E-state index is -4.60. The Balaban J connectivity index is 0.00000320. The molecule has 0 radical (unpaired) electrons. The van der Waals surface area contributed by atoms with Crippen molar-refractivity contribution in [3.05, 3.63) is 59.7 Å². The van der Waals surface area contributed by atoms with Crippen LogP contribution in [0, 0.1) is 5.82 Å². The van der Waals surface area contributed by atoms with Crippen LogP contribution in [-0.2, 0) is 11.8 Å². The highest BCUT2D eigenvalue weighted by Gasteiger charge is 2.46. The molecule has 2 aromatic carbocycles. The van der Waals surface area contributed by atoms with Gasteiger partial charge in [-0.15, -0.1) is 0 Å². The minimum Gasteiger partial charge on any atom is -1.00 e. The number of fused-ring (bicyclic) bond motifs is 1. The summed E-state index contributed by atoms with van der Waals surface area (Å²) in [6.45, 7) is 3.62. The van der Waals surface area contributed by atoms with Gasteiger partial charge in [-0.05, 0) is 50.5 Å². The molecule has 37 heavy (non-hydrogen) atoms. The molecule has 3 atom stereocenters. The number of rotatable bonds is 5. The lowest BCUT2D eigenvalue weighted by Gasteiger charge is -2.41. The third-order valence-corrected chi connectivity index (χ3v) is 7.33. The molecule has 0 amide bonds. The van der Waals surface area contributed by atoms with Gasteiger partial charge in [-0.2, -0.15) is 13.2 Å². The van der Waals surface area contributed by atoms with Crippen LogP contribution in [0.25, 0.3) is 11.0 Å². The third-order valence-electron chi connectivity index (χ3n) is 7.33. The second-order valence-corrected chi connectivity index (χ2v) is 10.6. The van der Waals surface area contributed by atoms with Crippen molar-refractivity contribution in [2.24, 2.45) is 0 Å². The standard InChI is InChI=1S/C26H29F4N3O3.ClH/c1-15-9-25(35,16-3-5-17(27)6-4-16)10-18(32-15)13-36-20-7-21(26(28,29)30)23-22(8-20)31-14-33(23)19-11-24(2,34)12-19;/h3-8,14-15,18-19,32,34-35H,9-13H2,1-2H3;1H/t15-,18-,19?,24?,25-;/m0./s1. The molecule has 0 bridgehead atoms. The van der Waals surface area contributed by atoms with E-state index in [9.17, 15) is 27.8 Å². The lowest BCUT2D eigenvalue weighted by atomic mass is 9.77. The average molecular weight is 544 g/mol. The fourth-order valence-corrected chi connectivity index (χ4v) is 5.76. The van der Waals surface area contributed by atoms with Crippen LogP contribution in [0.3, 0.4) is 0 Å². The van der Waals surface area contributed by atoms with Gasteiger partial charge in [-0.3, -0.25) is 0 Å². The highest BCUT2D eigenvalue weighted by atomic mass is 35.5. The molecule has 0 spiro atoms. The van der Waals surface area contributed by atoms with Crippen LogP contribution in [0.5, 0.6) is 5.75 Å². The van der Waals surface area contributed by atoms with E-state index in [4.69, 9.17) is 4.74 Å². The van der Waals surface area contributed by atoms with E-state index < -0.39 is 28.8 Å².